The maximum absolute atomic E-state index is 10.7. The maximum Gasteiger partial charge on any atom is 0.126 e. The van der Waals surface area contributed by atoms with Crippen LogP contribution in [0.5, 0.6) is 5.75 Å². The van der Waals surface area contributed by atoms with Gasteiger partial charge in [-0.1, -0.05) is 18.2 Å². The van der Waals surface area contributed by atoms with Crippen LogP contribution in [0.4, 0.5) is 0 Å². The first kappa shape index (κ1) is 16.4. The smallest absolute Gasteiger partial charge is 0.126 e. The zero-order valence-electron chi connectivity index (χ0n) is 14.2. The quantitative estimate of drug-likeness (QED) is 0.769. The van der Waals surface area contributed by atoms with Crippen molar-refractivity contribution < 1.29 is 5.11 Å². The highest BCUT2D eigenvalue weighted by molar-refractivity contribution is 5.85. The fourth-order valence-electron chi connectivity index (χ4n) is 4.24. The number of phenols is 1. The monoisotopic (exact) mass is 329 g/mol. The molecule has 0 bridgehead atoms. The minimum absolute atomic E-state index is 0. The van der Waals surface area contributed by atoms with E-state index in [0.717, 1.165) is 30.5 Å². The van der Waals surface area contributed by atoms with Gasteiger partial charge in [-0.05, 0) is 79.6 Å². The zero-order valence-corrected chi connectivity index (χ0v) is 15.0. The van der Waals surface area contributed by atoms with E-state index in [0.29, 0.717) is 11.8 Å². The van der Waals surface area contributed by atoms with Crippen molar-refractivity contribution in [3.05, 3.63) is 51.6 Å². The molecule has 0 amide bonds. The topological polar surface area (TPSA) is 23.5 Å². The molecule has 3 heteroatoms. The van der Waals surface area contributed by atoms with Crippen LogP contribution in [-0.2, 0) is 12.8 Å². The predicted octanol–water partition coefficient (Wildman–Crippen LogP) is 4.49. The molecule has 0 aromatic heterocycles. The van der Waals surface area contributed by atoms with Gasteiger partial charge in [0.05, 0.1) is 0 Å². The van der Waals surface area contributed by atoms with Crippen molar-refractivity contribution in [2.45, 2.75) is 39.7 Å². The Balaban J connectivity index is 0.00000156. The van der Waals surface area contributed by atoms with Crippen molar-refractivity contribution in [1.82, 2.24) is 4.90 Å². The van der Waals surface area contributed by atoms with Gasteiger partial charge in [-0.25, -0.2) is 0 Å². The average Bonchev–Trinajstić information content (AvgIpc) is 2.50. The van der Waals surface area contributed by atoms with Gasteiger partial charge in [0.1, 0.15) is 5.75 Å². The van der Waals surface area contributed by atoms with E-state index < -0.39 is 0 Å². The van der Waals surface area contributed by atoms with E-state index >= 15 is 0 Å². The molecule has 4 rings (SSSR count). The zero-order chi connectivity index (χ0) is 15.6. The number of phenolic OH excluding ortho intramolecular Hbond substituents is 1. The van der Waals surface area contributed by atoms with Gasteiger partial charge < -0.3 is 5.11 Å². The Kier molecular flexibility index (Phi) is 3.94. The maximum atomic E-state index is 10.7. The van der Waals surface area contributed by atoms with Crippen LogP contribution in [0.25, 0.3) is 11.1 Å². The Morgan fingerprint density at radius 3 is 2.52 bits per heavy atom. The van der Waals surface area contributed by atoms with Crippen molar-refractivity contribution in [2.75, 3.05) is 13.6 Å². The number of likely N-dealkylation sites (N-methyl/N-ethyl adjacent to an activating group) is 1. The Morgan fingerprint density at radius 1 is 1.04 bits per heavy atom. The summed E-state index contributed by atoms with van der Waals surface area (Å²) in [6.45, 7) is 7.51. The number of rotatable bonds is 0. The van der Waals surface area contributed by atoms with Crippen LogP contribution in [0.3, 0.4) is 0 Å². The number of aryl methyl sites for hydroxylation is 2. The number of nitrogens with zero attached hydrogens (tertiary/aromatic N) is 1. The first-order valence-corrected chi connectivity index (χ1v) is 8.14. The Hall–Kier alpha value is -1.51. The number of benzene rings is 2. The van der Waals surface area contributed by atoms with Gasteiger partial charge >= 0.3 is 0 Å². The van der Waals surface area contributed by atoms with Gasteiger partial charge in [-0.3, -0.25) is 4.90 Å². The molecule has 122 valence electrons. The molecule has 1 heterocycles. The fourth-order valence-corrected chi connectivity index (χ4v) is 4.24. The largest absolute Gasteiger partial charge is 0.507 e. The summed E-state index contributed by atoms with van der Waals surface area (Å²) >= 11 is 0. The third-order valence-corrected chi connectivity index (χ3v) is 5.70. The third-order valence-electron chi connectivity index (χ3n) is 5.70. The van der Waals surface area contributed by atoms with E-state index in [-0.39, 0.29) is 12.4 Å². The van der Waals surface area contributed by atoms with Crippen LogP contribution in [0.1, 0.15) is 39.4 Å². The molecule has 1 atom stereocenters. The SMILES string of the molecule is Cc1cc2c3c(c1C)-c1c(ccc(C)c1O)C[C@@H]3N(C)CC2.Cl. The highest BCUT2D eigenvalue weighted by Gasteiger charge is 2.35. The molecule has 1 aliphatic heterocycles. The van der Waals surface area contributed by atoms with E-state index in [1.165, 1.54) is 33.4 Å². The second-order valence-corrected chi connectivity index (χ2v) is 6.98. The van der Waals surface area contributed by atoms with Gasteiger partial charge in [-0.15, -0.1) is 12.4 Å². The van der Waals surface area contributed by atoms with Crippen LogP contribution in [-0.4, -0.2) is 23.6 Å². The number of aromatic hydroxyl groups is 1. The van der Waals surface area contributed by atoms with Gasteiger partial charge in [0.15, 0.2) is 0 Å². The van der Waals surface area contributed by atoms with E-state index in [2.05, 4.69) is 37.9 Å². The summed E-state index contributed by atoms with van der Waals surface area (Å²) < 4.78 is 0. The summed E-state index contributed by atoms with van der Waals surface area (Å²) in [6, 6.07) is 7.07. The number of hydrogen-bond acceptors (Lipinski definition) is 2. The van der Waals surface area contributed by atoms with Crippen LogP contribution >= 0.6 is 12.4 Å². The summed E-state index contributed by atoms with van der Waals surface area (Å²) in [5, 5.41) is 10.7. The fraction of sp³-hybridized carbons (Fsp3) is 0.400. The second kappa shape index (κ2) is 5.54. The van der Waals surface area contributed by atoms with Crippen LogP contribution in [0.2, 0.25) is 0 Å². The minimum Gasteiger partial charge on any atom is -0.507 e. The summed E-state index contributed by atoms with van der Waals surface area (Å²) in [6.07, 6.45) is 2.11. The van der Waals surface area contributed by atoms with Crippen molar-refractivity contribution >= 4 is 12.4 Å². The normalized spacial score (nSPS) is 18.9. The molecule has 23 heavy (non-hydrogen) atoms. The van der Waals surface area contributed by atoms with Gasteiger partial charge in [0.25, 0.3) is 0 Å². The van der Waals surface area contributed by atoms with Gasteiger partial charge in [0, 0.05) is 18.2 Å². The molecular formula is C20H24ClNO. The van der Waals surface area contributed by atoms with Crippen molar-refractivity contribution in [1.29, 1.82) is 0 Å². The average molecular weight is 330 g/mol. The van der Waals surface area contributed by atoms with Gasteiger partial charge in [-0.2, -0.15) is 0 Å². The number of halogens is 1. The molecule has 1 aliphatic carbocycles. The van der Waals surface area contributed by atoms with Crippen LogP contribution in [0, 0.1) is 20.8 Å². The lowest BCUT2D eigenvalue weighted by Crippen LogP contribution is -2.36. The van der Waals surface area contributed by atoms with Crippen LogP contribution in [0.15, 0.2) is 18.2 Å². The Bertz CT molecular complexity index is 797. The minimum atomic E-state index is 0. The summed E-state index contributed by atoms with van der Waals surface area (Å²) in [5.41, 5.74) is 10.2. The summed E-state index contributed by atoms with van der Waals surface area (Å²) in [7, 11) is 2.23. The van der Waals surface area contributed by atoms with E-state index in [1.54, 1.807) is 0 Å². The van der Waals surface area contributed by atoms with Gasteiger partial charge in [0.2, 0.25) is 0 Å². The van der Waals surface area contributed by atoms with Crippen molar-refractivity contribution in [2.24, 2.45) is 0 Å². The Labute approximate surface area is 144 Å². The number of fused-ring (bicyclic) bond motifs is 2. The molecule has 0 saturated carbocycles. The third kappa shape index (κ3) is 2.20. The van der Waals surface area contributed by atoms with Crippen LogP contribution < -0.4 is 0 Å². The molecule has 2 aromatic carbocycles. The molecule has 2 nitrogen and oxygen atoms in total. The molecule has 0 spiro atoms. The van der Waals surface area contributed by atoms with E-state index in [4.69, 9.17) is 0 Å². The van der Waals surface area contributed by atoms with E-state index in [9.17, 15) is 5.11 Å². The predicted molar refractivity (Wildman–Crippen MR) is 97.8 cm³/mol. The first-order chi connectivity index (χ1) is 10.5. The lowest BCUT2D eigenvalue weighted by molar-refractivity contribution is 0.228. The lowest BCUT2D eigenvalue weighted by atomic mass is 9.74. The lowest BCUT2D eigenvalue weighted by Gasteiger charge is -2.41. The highest BCUT2D eigenvalue weighted by atomic mass is 35.5. The molecule has 0 saturated heterocycles. The Morgan fingerprint density at radius 2 is 1.78 bits per heavy atom. The molecule has 2 aliphatic rings. The van der Waals surface area contributed by atoms with Crippen molar-refractivity contribution in [3.63, 3.8) is 0 Å². The highest BCUT2D eigenvalue weighted by Crippen LogP contribution is 2.50. The van der Waals surface area contributed by atoms with Crippen molar-refractivity contribution in [3.8, 4) is 16.9 Å². The summed E-state index contributed by atoms with van der Waals surface area (Å²) in [5.74, 6) is 0.472. The molecule has 2 aromatic rings. The molecule has 0 fully saturated rings. The molecule has 0 unspecified atom stereocenters. The van der Waals surface area contributed by atoms with E-state index in [1.807, 2.05) is 13.0 Å². The second-order valence-electron chi connectivity index (χ2n) is 6.98. The molecule has 1 N–H and O–H groups in total. The molecule has 0 radical (unpaired) electrons. The first-order valence-electron chi connectivity index (χ1n) is 8.14. The standard InChI is InChI=1S/C20H23NO.ClH/c1-11-5-6-14-10-16-18-15(7-8-21(16)4)9-12(2)13(3)17(18)19(14)20(11)22;/h5-6,9,16,22H,7-8,10H2,1-4H3;1H/t16-;/m0./s1. The molecular weight excluding hydrogens is 306 g/mol. The number of hydrogen-bond donors (Lipinski definition) is 1. The summed E-state index contributed by atoms with van der Waals surface area (Å²) in [4.78, 5) is 2.47.